The van der Waals surface area contributed by atoms with Gasteiger partial charge in [0.15, 0.2) is 0 Å². The molecule has 5 nitrogen and oxygen atoms in total. The van der Waals surface area contributed by atoms with Crippen molar-refractivity contribution in [2.24, 2.45) is 0 Å². The van der Waals surface area contributed by atoms with Crippen LogP contribution in [-0.4, -0.2) is 24.0 Å². The maximum atomic E-state index is 10.0. The van der Waals surface area contributed by atoms with Gasteiger partial charge in [-0.3, -0.25) is 14.4 Å². The fourth-order valence-electron chi connectivity index (χ4n) is 0.534. The highest BCUT2D eigenvalue weighted by Gasteiger charge is 1.94. The first-order chi connectivity index (χ1) is 6.25. The molecule has 82 valence electrons. The lowest BCUT2D eigenvalue weighted by Gasteiger charge is -2.01. The predicted molar refractivity (Wildman–Crippen MR) is 49.3 cm³/mol. The van der Waals surface area contributed by atoms with E-state index in [2.05, 4.69) is 9.47 Å². The van der Waals surface area contributed by atoms with Crippen LogP contribution in [0, 0.1) is 0 Å². The summed E-state index contributed by atoms with van der Waals surface area (Å²) in [6, 6.07) is 0. The molecule has 0 aliphatic carbocycles. The quantitative estimate of drug-likeness (QED) is 0.471. The number of esters is 3. The monoisotopic (exact) mass is 204 g/mol. The third kappa shape index (κ3) is 22.4. The molecule has 0 aliphatic rings. The van der Waals surface area contributed by atoms with Crippen molar-refractivity contribution in [3.05, 3.63) is 0 Å². The van der Waals surface area contributed by atoms with Gasteiger partial charge in [-0.2, -0.15) is 0 Å². The fraction of sp³-hybridized carbons (Fsp3) is 0.667. The third-order valence-electron chi connectivity index (χ3n) is 0.689. The Bertz CT molecular complexity index is 195. The van der Waals surface area contributed by atoms with Gasteiger partial charge in [-0.1, -0.05) is 0 Å². The van der Waals surface area contributed by atoms with E-state index in [0.29, 0.717) is 0 Å². The predicted octanol–water partition coefficient (Wildman–Crippen LogP) is 1.05. The molecule has 0 aromatic heterocycles. The van der Waals surface area contributed by atoms with Gasteiger partial charge >= 0.3 is 17.9 Å². The Hall–Kier alpha value is -1.39. The van der Waals surface area contributed by atoms with Crippen molar-refractivity contribution in [2.75, 3.05) is 0 Å². The molecule has 0 rings (SSSR count). The van der Waals surface area contributed by atoms with E-state index in [9.17, 15) is 14.4 Å². The maximum absolute atomic E-state index is 10.0. The number of ether oxygens (including phenoxy) is 2. The van der Waals surface area contributed by atoms with Crippen LogP contribution in [0.4, 0.5) is 0 Å². The second-order valence-electron chi connectivity index (χ2n) is 2.74. The van der Waals surface area contributed by atoms with Crippen LogP contribution in [-0.2, 0) is 23.9 Å². The molecule has 0 fully saturated rings. The van der Waals surface area contributed by atoms with Crippen molar-refractivity contribution in [3.8, 4) is 0 Å². The Morgan fingerprint density at radius 3 is 1.21 bits per heavy atom. The lowest BCUT2D eigenvalue weighted by atomic mass is 10.5. The summed E-state index contributed by atoms with van der Waals surface area (Å²) < 4.78 is 8.58. The Kier molecular flexibility index (Phi) is 8.86. The first kappa shape index (κ1) is 15.1. The van der Waals surface area contributed by atoms with E-state index in [1.165, 1.54) is 20.8 Å². The minimum absolute atomic E-state index is 0.0255. The van der Waals surface area contributed by atoms with Crippen molar-refractivity contribution in [3.63, 3.8) is 0 Å². The van der Waals surface area contributed by atoms with Gasteiger partial charge in [0.05, 0.1) is 6.10 Å². The van der Waals surface area contributed by atoms with Gasteiger partial charge < -0.3 is 9.47 Å². The molecule has 0 aromatic rings. The van der Waals surface area contributed by atoms with Gasteiger partial charge in [0.1, 0.15) is 0 Å². The Morgan fingerprint density at radius 2 is 1.21 bits per heavy atom. The zero-order valence-electron chi connectivity index (χ0n) is 9.12. The van der Waals surface area contributed by atoms with Crippen LogP contribution in [0.25, 0.3) is 0 Å². The number of hydrogen-bond donors (Lipinski definition) is 0. The summed E-state index contributed by atoms with van der Waals surface area (Å²) in [6.45, 7) is 7.41. The highest BCUT2D eigenvalue weighted by molar-refractivity contribution is 5.82. The van der Waals surface area contributed by atoms with E-state index in [-0.39, 0.29) is 12.1 Å². The molecule has 0 amide bonds. The van der Waals surface area contributed by atoms with Crippen LogP contribution < -0.4 is 0 Å². The molecule has 0 aromatic carbocycles. The Labute approximate surface area is 83.4 Å². The first-order valence-electron chi connectivity index (χ1n) is 4.12. The van der Waals surface area contributed by atoms with E-state index in [1.54, 1.807) is 0 Å². The first-order valence-corrected chi connectivity index (χ1v) is 4.12. The maximum Gasteiger partial charge on any atom is 0.310 e. The van der Waals surface area contributed by atoms with Crippen molar-refractivity contribution in [1.29, 1.82) is 0 Å². The van der Waals surface area contributed by atoms with Gasteiger partial charge in [0, 0.05) is 20.8 Å². The molecule has 0 spiro atoms. The van der Waals surface area contributed by atoms with Crippen molar-refractivity contribution < 1.29 is 23.9 Å². The smallest absolute Gasteiger partial charge is 0.310 e. The molecule has 0 unspecified atom stereocenters. The Balaban J connectivity index is 0. The number of carbonyl (C=O) groups excluding carboxylic acids is 3. The molecular weight excluding hydrogens is 188 g/mol. The summed E-state index contributed by atoms with van der Waals surface area (Å²) in [5.74, 6) is -1.34. The largest absolute Gasteiger partial charge is 0.463 e. The van der Waals surface area contributed by atoms with Crippen LogP contribution in [0.15, 0.2) is 0 Å². The standard InChI is InChI=1S/C5H10O2.C4H6O3/c1-4(2)7-5(3)6;1-3(5)7-4(2)6/h4H,1-3H3;1-2H3. The lowest BCUT2D eigenvalue weighted by molar-refractivity contribution is -0.156. The molecule has 0 saturated heterocycles. The molecule has 0 heterocycles. The Morgan fingerprint density at radius 1 is 0.857 bits per heavy atom. The van der Waals surface area contributed by atoms with Crippen LogP contribution >= 0.6 is 0 Å². The number of rotatable bonds is 1. The van der Waals surface area contributed by atoms with E-state index < -0.39 is 11.9 Å². The van der Waals surface area contributed by atoms with Crippen LogP contribution in [0.2, 0.25) is 0 Å². The SMILES string of the molecule is CC(=O)OC(C)=O.CC(=O)OC(C)C. The zero-order chi connectivity index (χ0) is 11.7. The van der Waals surface area contributed by atoms with Gasteiger partial charge in [-0.15, -0.1) is 0 Å². The molecule has 0 saturated carbocycles. The molecule has 14 heavy (non-hydrogen) atoms. The fourth-order valence-corrected chi connectivity index (χ4v) is 0.534. The summed E-state index contributed by atoms with van der Waals surface area (Å²) in [6.07, 6.45) is 0.0255. The third-order valence-corrected chi connectivity index (χ3v) is 0.689. The summed E-state index contributed by atoms with van der Waals surface area (Å²) in [5, 5.41) is 0. The summed E-state index contributed by atoms with van der Waals surface area (Å²) in [4.78, 5) is 29.7. The molecule has 0 radical (unpaired) electrons. The van der Waals surface area contributed by atoms with E-state index in [0.717, 1.165) is 0 Å². The average Bonchev–Trinajstić information content (AvgIpc) is 1.79. The summed E-state index contributed by atoms with van der Waals surface area (Å²) >= 11 is 0. The molecular formula is C9H16O5. The molecule has 0 bridgehead atoms. The molecule has 5 heteroatoms. The number of carbonyl (C=O) groups is 3. The summed E-state index contributed by atoms with van der Waals surface area (Å²) in [7, 11) is 0. The van der Waals surface area contributed by atoms with Crippen LogP contribution in [0.5, 0.6) is 0 Å². The molecule has 0 atom stereocenters. The van der Waals surface area contributed by atoms with Gasteiger partial charge in [0.25, 0.3) is 0 Å². The van der Waals surface area contributed by atoms with Gasteiger partial charge in [-0.05, 0) is 13.8 Å². The minimum Gasteiger partial charge on any atom is -0.463 e. The molecule has 0 N–H and O–H groups in total. The van der Waals surface area contributed by atoms with Crippen LogP contribution in [0.1, 0.15) is 34.6 Å². The van der Waals surface area contributed by atoms with Crippen LogP contribution in [0.3, 0.4) is 0 Å². The zero-order valence-corrected chi connectivity index (χ0v) is 9.12. The topological polar surface area (TPSA) is 69.7 Å². The van der Waals surface area contributed by atoms with Gasteiger partial charge in [-0.25, -0.2) is 0 Å². The number of hydrogen-bond acceptors (Lipinski definition) is 5. The second kappa shape index (κ2) is 8.22. The highest BCUT2D eigenvalue weighted by Crippen LogP contribution is 1.85. The van der Waals surface area contributed by atoms with Crippen molar-refractivity contribution in [2.45, 2.75) is 40.7 Å². The highest BCUT2D eigenvalue weighted by atomic mass is 16.6. The lowest BCUT2D eigenvalue weighted by Crippen LogP contribution is -2.06. The summed E-state index contributed by atoms with van der Waals surface area (Å²) in [5.41, 5.74) is 0. The van der Waals surface area contributed by atoms with E-state index in [4.69, 9.17) is 0 Å². The van der Waals surface area contributed by atoms with Crippen molar-refractivity contribution in [1.82, 2.24) is 0 Å². The second-order valence-corrected chi connectivity index (χ2v) is 2.74. The minimum atomic E-state index is -0.562. The van der Waals surface area contributed by atoms with E-state index in [1.807, 2.05) is 13.8 Å². The molecule has 0 aliphatic heterocycles. The van der Waals surface area contributed by atoms with Crippen molar-refractivity contribution >= 4 is 17.9 Å². The normalized spacial score (nSPS) is 8.43. The average molecular weight is 204 g/mol. The van der Waals surface area contributed by atoms with Gasteiger partial charge in [0.2, 0.25) is 0 Å². The van der Waals surface area contributed by atoms with E-state index >= 15 is 0 Å².